The van der Waals surface area contributed by atoms with E-state index >= 15 is 0 Å². The molecule has 164 valence electrons. The zero-order valence-electron chi connectivity index (χ0n) is 18.0. The molecule has 6 heteroatoms. The highest BCUT2D eigenvalue weighted by Gasteiger charge is 2.30. The van der Waals surface area contributed by atoms with Crippen LogP contribution in [-0.4, -0.2) is 42.6 Å². The molecule has 0 aromatic heterocycles. The van der Waals surface area contributed by atoms with E-state index in [2.05, 4.69) is 29.6 Å². The number of carbonyl (C=O) groups is 2. The highest BCUT2D eigenvalue weighted by Crippen LogP contribution is 2.44. The summed E-state index contributed by atoms with van der Waals surface area (Å²) in [6, 6.07) is 16.5. The van der Waals surface area contributed by atoms with Crippen LogP contribution in [0.25, 0.3) is 11.1 Å². The van der Waals surface area contributed by atoms with Gasteiger partial charge in [0.15, 0.2) is 0 Å². The SMILES string of the molecule is CCCC(=O)NC1CCCCN(C(=O)OOCC2c3ccccc3-c3ccccc32)C1. The summed E-state index contributed by atoms with van der Waals surface area (Å²) in [5, 5.41) is 3.04. The van der Waals surface area contributed by atoms with Gasteiger partial charge in [-0.2, -0.15) is 4.89 Å². The van der Waals surface area contributed by atoms with Crippen LogP contribution in [-0.2, 0) is 14.6 Å². The Hall–Kier alpha value is -2.86. The summed E-state index contributed by atoms with van der Waals surface area (Å²) in [4.78, 5) is 36.9. The van der Waals surface area contributed by atoms with Crippen molar-refractivity contribution >= 4 is 12.0 Å². The first-order chi connectivity index (χ1) is 15.2. The fraction of sp³-hybridized carbons (Fsp3) is 0.440. The largest absolute Gasteiger partial charge is 0.441 e. The van der Waals surface area contributed by atoms with Crippen molar-refractivity contribution in [3.8, 4) is 11.1 Å². The van der Waals surface area contributed by atoms with Gasteiger partial charge >= 0.3 is 6.09 Å². The van der Waals surface area contributed by atoms with Crippen molar-refractivity contribution in [3.63, 3.8) is 0 Å². The smallest absolute Gasteiger partial charge is 0.352 e. The molecule has 2 aromatic carbocycles. The number of nitrogens with one attached hydrogen (secondary N) is 1. The van der Waals surface area contributed by atoms with Gasteiger partial charge in [-0.25, -0.2) is 4.79 Å². The van der Waals surface area contributed by atoms with E-state index in [0.29, 0.717) is 19.5 Å². The van der Waals surface area contributed by atoms with Crippen molar-refractivity contribution in [1.29, 1.82) is 0 Å². The van der Waals surface area contributed by atoms with Gasteiger partial charge in [-0.05, 0) is 47.9 Å². The van der Waals surface area contributed by atoms with Crippen LogP contribution >= 0.6 is 0 Å². The van der Waals surface area contributed by atoms with E-state index in [1.807, 2.05) is 31.2 Å². The van der Waals surface area contributed by atoms with Crippen LogP contribution in [0.4, 0.5) is 4.79 Å². The highest BCUT2D eigenvalue weighted by molar-refractivity contribution is 5.79. The zero-order valence-corrected chi connectivity index (χ0v) is 18.0. The Bertz CT molecular complexity index is 884. The lowest BCUT2D eigenvalue weighted by Gasteiger charge is -2.24. The van der Waals surface area contributed by atoms with E-state index in [0.717, 1.165) is 25.7 Å². The topological polar surface area (TPSA) is 67.9 Å². The van der Waals surface area contributed by atoms with Gasteiger partial charge in [0.1, 0.15) is 6.61 Å². The number of benzene rings is 2. The number of amides is 2. The van der Waals surface area contributed by atoms with Crippen LogP contribution in [0, 0.1) is 0 Å². The Balaban J connectivity index is 1.34. The number of hydrogen-bond donors (Lipinski definition) is 1. The van der Waals surface area contributed by atoms with Crippen molar-refractivity contribution in [1.82, 2.24) is 10.2 Å². The molecule has 1 fully saturated rings. The summed E-state index contributed by atoms with van der Waals surface area (Å²) in [6.07, 6.45) is 3.56. The number of nitrogens with zero attached hydrogens (tertiary/aromatic N) is 1. The van der Waals surface area contributed by atoms with Gasteiger partial charge in [0.05, 0.1) is 0 Å². The molecule has 1 aliphatic heterocycles. The summed E-state index contributed by atoms with van der Waals surface area (Å²) < 4.78 is 0. The normalized spacial score (nSPS) is 18.1. The quantitative estimate of drug-likeness (QED) is 0.544. The van der Waals surface area contributed by atoms with Crippen molar-refractivity contribution in [2.75, 3.05) is 19.7 Å². The molecular weight excluding hydrogens is 392 g/mol. The maximum atomic E-state index is 12.6. The van der Waals surface area contributed by atoms with E-state index in [4.69, 9.17) is 9.78 Å². The molecule has 1 aliphatic carbocycles. The molecule has 0 saturated carbocycles. The summed E-state index contributed by atoms with van der Waals surface area (Å²) in [5.74, 6) is 0.0722. The number of hydrogen-bond acceptors (Lipinski definition) is 4. The molecule has 1 atom stereocenters. The standard InChI is InChI=1S/C25H30N2O4/c1-2-9-24(28)26-18-10-7-8-15-27(16-18)25(29)31-30-17-23-21-13-5-3-11-19(21)20-12-4-6-14-22(20)23/h3-6,11-14,18,23H,2,7-10,15-17H2,1H3,(H,26,28). The molecule has 1 N–H and O–H groups in total. The van der Waals surface area contributed by atoms with Crippen LogP contribution < -0.4 is 5.32 Å². The van der Waals surface area contributed by atoms with Crippen LogP contribution in [0.15, 0.2) is 48.5 Å². The van der Waals surface area contributed by atoms with Crippen molar-refractivity contribution in [2.24, 2.45) is 0 Å². The first-order valence-corrected chi connectivity index (χ1v) is 11.2. The van der Waals surface area contributed by atoms with Crippen LogP contribution in [0.2, 0.25) is 0 Å². The molecule has 1 heterocycles. The van der Waals surface area contributed by atoms with E-state index in [1.165, 1.54) is 22.3 Å². The maximum absolute atomic E-state index is 12.6. The monoisotopic (exact) mass is 422 g/mol. The predicted molar refractivity (Wildman–Crippen MR) is 118 cm³/mol. The lowest BCUT2D eigenvalue weighted by Crippen LogP contribution is -2.44. The van der Waals surface area contributed by atoms with Crippen LogP contribution in [0.5, 0.6) is 0 Å². The molecule has 2 aromatic rings. The Kier molecular flexibility index (Phi) is 6.87. The second kappa shape index (κ2) is 9.96. The van der Waals surface area contributed by atoms with Crippen molar-refractivity contribution < 1.29 is 19.4 Å². The van der Waals surface area contributed by atoms with Gasteiger partial charge < -0.3 is 10.2 Å². The average Bonchev–Trinajstić information content (AvgIpc) is 2.92. The first kappa shape index (κ1) is 21.4. The van der Waals surface area contributed by atoms with Crippen LogP contribution in [0.1, 0.15) is 56.1 Å². The van der Waals surface area contributed by atoms with Gasteiger partial charge in [-0.3, -0.25) is 9.68 Å². The summed E-state index contributed by atoms with van der Waals surface area (Å²) in [5.41, 5.74) is 4.79. The highest BCUT2D eigenvalue weighted by atomic mass is 17.2. The molecule has 2 amide bonds. The molecule has 4 rings (SSSR count). The summed E-state index contributed by atoms with van der Waals surface area (Å²) >= 11 is 0. The molecular formula is C25H30N2O4. The fourth-order valence-electron chi connectivity index (χ4n) is 4.60. The number of fused-ring (bicyclic) bond motifs is 3. The average molecular weight is 423 g/mol. The third-order valence-electron chi connectivity index (χ3n) is 6.10. The predicted octanol–water partition coefficient (Wildman–Crippen LogP) is 4.64. The van der Waals surface area contributed by atoms with Gasteiger partial charge in [-0.15, -0.1) is 0 Å². The van der Waals surface area contributed by atoms with Crippen molar-refractivity contribution in [2.45, 2.75) is 51.0 Å². The molecule has 1 saturated heterocycles. The third kappa shape index (κ3) is 4.90. The molecule has 0 bridgehead atoms. The van der Waals surface area contributed by atoms with E-state index < -0.39 is 6.09 Å². The third-order valence-corrected chi connectivity index (χ3v) is 6.10. The molecule has 0 spiro atoms. The fourth-order valence-corrected chi connectivity index (χ4v) is 4.60. The van der Waals surface area contributed by atoms with Crippen LogP contribution in [0.3, 0.4) is 0 Å². The second-order valence-electron chi connectivity index (χ2n) is 8.32. The lowest BCUT2D eigenvalue weighted by atomic mass is 9.98. The lowest BCUT2D eigenvalue weighted by molar-refractivity contribution is -0.247. The summed E-state index contributed by atoms with van der Waals surface area (Å²) in [7, 11) is 0. The molecule has 31 heavy (non-hydrogen) atoms. The molecule has 1 unspecified atom stereocenters. The molecule has 6 nitrogen and oxygen atoms in total. The maximum Gasteiger partial charge on any atom is 0.441 e. The molecule has 2 aliphatic rings. The minimum atomic E-state index is -0.490. The van der Waals surface area contributed by atoms with Gasteiger partial charge in [0.25, 0.3) is 0 Å². The number of likely N-dealkylation sites (tertiary alicyclic amines) is 1. The second-order valence-corrected chi connectivity index (χ2v) is 8.32. The van der Waals surface area contributed by atoms with E-state index in [9.17, 15) is 9.59 Å². The Morgan fingerprint density at radius 1 is 1.03 bits per heavy atom. The van der Waals surface area contributed by atoms with Gasteiger partial charge in [-0.1, -0.05) is 55.5 Å². The number of rotatable bonds is 6. The van der Waals surface area contributed by atoms with E-state index in [1.54, 1.807) is 4.90 Å². The summed E-state index contributed by atoms with van der Waals surface area (Å²) in [6.45, 7) is 3.31. The first-order valence-electron chi connectivity index (χ1n) is 11.2. The number of carbonyl (C=O) groups excluding carboxylic acids is 2. The van der Waals surface area contributed by atoms with E-state index in [-0.39, 0.29) is 24.5 Å². The minimum Gasteiger partial charge on any atom is -0.352 e. The van der Waals surface area contributed by atoms with Crippen molar-refractivity contribution in [3.05, 3.63) is 59.7 Å². The Morgan fingerprint density at radius 3 is 2.39 bits per heavy atom. The zero-order chi connectivity index (χ0) is 21.6. The van der Waals surface area contributed by atoms with Gasteiger partial charge in [0, 0.05) is 31.5 Å². The Morgan fingerprint density at radius 2 is 1.71 bits per heavy atom. The Labute approximate surface area is 183 Å². The minimum absolute atomic E-state index is 0.0328. The van der Waals surface area contributed by atoms with Gasteiger partial charge in [0.2, 0.25) is 5.91 Å². The molecule has 0 radical (unpaired) electrons.